The summed E-state index contributed by atoms with van der Waals surface area (Å²) in [7, 11) is 0. The third-order valence-corrected chi connectivity index (χ3v) is 5.83. The Hall–Kier alpha value is -3.73. The van der Waals surface area contributed by atoms with Gasteiger partial charge in [-0.05, 0) is 29.8 Å². The van der Waals surface area contributed by atoms with Crippen LogP contribution in [0.5, 0.6) is 0 Å². The van der Waals surface area contributed by atoms with Crippen LogP contribution in [0.3, 0.4) is 0 Å². The number of para-hydroxylation sites is 1. The van der Waals surface area contributed by atoms with Crippen molar-refractivity contribution in [3.05, 3.63) is 71.8 Å². The Labute approximate surface area is 193 Å². The minimum absolute atomic E-state index is 0.106. The number of hydrogen-bond donors (Lipinski definition) is 3. The monoisotopic (exact) mass is 468 g/mol. The average Bonchev–Trinajstić information content (AvgIpc) is 3.19. The molecule has 1 aliphatic heterocycles. The molecule has 1 fully saturated rings. The molecule has 4 rings (SSSR count). The fraction of sp³-hybridized carbons (Fsp3) is 0.227. The highest BCUT2D eigenvalue weighted by Crippen LogP contribution is 2.23. The van der Waals surface area contributed by atoms with Gasteiger partial charge in [0.05, 0.1) is 5.75 Å². The molecule has 1 aromatic heterocycles. The number of rotatable bonds is 8. The first kappa shape index (κ1) is 22.5. The fourth-order valence-corrected chi connectivity index (χ4v) is 4.16. The van der Waals surface area contributed by atoms with Gasteiger partial charge in [0.25, 0.3) is 0 Å². The highest BCUT2D eigenvalue weighted by Gasteiger charge is 2.26. The Morgan fingerprint density at radius 1 is 1.12 bits per heavy atom. The van der Waals surface area contributed by atoms with Crippen LogP contribution in [0.25, 0.3) is 5.69 Å². The number of aromatic nitrogens is 3. The summed E-state index contributed by atoms with van der Waals surface area (Å²) in [6, 6.07) is 14.4. The predicted molar refractivity (Wildman–Crippen MR) is 119 cm³/mol. The number of benzene rings is 2. The van der Waals surface area contributed by atoms with Gasteiger partial charge in [0.1, 0.15) is 11.6 Å². The van der Waals surface area contributed by atoms with Gasteiger partial charge in [-0.1, -0.05) is 42.1 Å². The number of hydrogen-bond acceptors (Lipinski definition) is 6. The maximum atomic E-state index is 13.0. The molecule has 1 atom stereocenters. The zero-order valence-corrected chi connectivity index (χ0v) is 18.3. The van der Waals surface area contributed by atoms with E-state index < -0.39 is 12.1 Å². The first-order valence-electron chi connectivity index (χ1n) is 10.2. The van der Waals surface area contributed by atoms with Crippen molar-refractivity contribution in [3.63, 3.8) is 0 Å². The standard InChI is InChI=1S/C22H21FN6O3S/c23-15-8-6-14(7-9-15)12-24-20(31)13-33-22-28-27-18(29(22)17-4-2-1-3-5-17)10-16-11-19(30)26-21(32)25-16/h1-9,16H,10-13H2,(H,24,31)(H2,25,26,30,32). The molecule has 4 amide bonds. The quantitative estimate of drug-likeness (QED) is 0.435. The second kappa shape index (κ2) is 10.3. The molecule has 33 heavy (non-hydrogen) atoms. The van der Waals surface area contributed by atoms with E-state index in [0.717, 1.165) is 11.3 Å². The van der Waals surface area contributed by atoms with Crippen molar-refractivity contribution in [2.75, 3.05) is 5.75 Å². The number of amides is 4. The second-order valence-corrected chi connectivity index (χ2v) is 8.33. The molecule has 3 aromatic rings. The molecule has 170 valence electrons. The normalized spacial score (nSPS) is 15.6. The minimum Gasteiger partial charge on any atom is -0.351 e. The Balaban J connectivity index is 1.45. The van der Waals surface area contributed by atoms with E-state index in [1.165, 1.54) is 23.9 Å². The van der Waals surface area contributed by atoms with Crippen molar-refractivity contribution in [2.24, 2.45) is 0 Å². The van der Waals surface area contributed by atoms with Crippen molar-refractivity contribution in [1.82, 2.24) is 30.7 Å². The highest BCUT2D eigenvalue weighted by molar-refractivity contribution is 7.99. The van der Waals surface area contributed by atoms with E-state index in [4.69, 9.17) is 0 Å². The van der Waals surface area contributed by atoms with Gasteiger partial charge < -0.3 is 10.6 Å². The topological polar surface area (TPSA) is 118 Å². The van der Waals surface area contributed by atoms with E-state index >= 15 is 0 Å². The van der Waals surface area contributed by atoms with Crippen molar-refractivity contribution >= 4 is 29.6 Å². The number of imide groups is 1. The summed E-state index contributed by atoms with van der Waals surface area (Å²) in [4.78, 5) is 35.7. The summed E-state index contributed by atoms with van der Waals surface area (Å²) in [5.41, 5.74) is 1.60. The Morgan fingerprint density at radius 2 is 1.88 bits per heavy atom. The van der Waals surface area contributed by atoms with Gasteiger partial charge in [0.15, 0.2) is 5.16 Å². The van der Waals surface area contributed by atoms with E-state index in [1.54, 1.807) is 12.1 Å². The Bertz CT molecular complexity index is 1140. The van der Waals surface area contributed by atoms with Crippen LogP contribution in [0.15, 0.2) is 59.8 Å². The molecule has 3 N–H and O–H groups in total. The fourth-order valence-electron chi connectivity index (χ4n) is 3.36. The summed E-state index contributed by atoms with van der Waals surface area (Å²) in [5, 5.41) is 16.7. The number of carbonyl (C=O) groups is 3. The van der Waals surface area contributed by atoms with Gasteiger partial charge in [-0.3, -0.25) is 19.5 Å². The van der Waals surface area contributed by atoms with E-state index in [1.807, 2.05) is 34.9 Å². The maximum absolute atomic E-state index is 13.0. The zero-order chi connectivity index (χ0) is 23.2. The molecule has 0 bridgehead atoms. The largest absolute Gasteiger partial charge is 0.351 e. The van der Waals surface area contributed by atoms with Gasteiger partial charge in [0, 0.05) is 31.1 Å². The summed E-state index contributed by atoms with van der Waals surface area (Å²) >= 11 is 1.22. The molecular formula is C22H21FN6O3S. The summed E-state index contributed by atoms with van der Waals surface area (Å²) < 4.78 is 14.8. The van der Waals surface area contributed by atoms with E-state index in [-0.39, 0.29) is 29.8 Å². The van der Waals surface area contributed by atoms with Crippen molar-refractivity contribution in [2.45, 2.75) is 30.6 Å². The number of nitrogens with zero attached hydrogens (tertiary/aromatic N) is 3. The lowest BCUT2D eigenvalue weighted by molar-refractivity contribution is -0.121. The van der Waals surface area contributed by atoms with Gasteiger partial charge >= 0.3 is 6.03 Å². The summed E-state index contributed by atoms with van der Waals surface area (Å²) in [6.45, 7) is 0.291. The molecule has 2 aromatic carbocycles. The SMILES string of the molecule is O=C(CSc1nnc(CC2CC(=O)NC(=O)N2)n1-c1ccccc1)NCc1ccc(F)cc1. The lowest BCUT2D eigenvalue weighted by Gasteiger charge is -2.23. The molecule has 0 spiro atoms. The van der Waals surface area contributed by atoms with E-state index in [0.29, 0.717) is 23.9 Å². The van der Waals surface area contributed by atoms with Crippen molar-refractivity contribution in [1.29, 1.82) is 0 Å². The van der Waals surface area contributed by atoms with Crippen LogP contribution in [0.2, 0.25) is 0 Å². The maximum Gasteiger partial charge on any atom is 0.321 e. The number of carbonyl (C=O) groups excluding carboxylic acids is 3. The molecule has 1 aliphatic rings. The Kier molecular flexibility index (Phi) is 6.98. The van der Waals surface area contributed by atoms with E-state index in [2.05, 4.69) is 26.1 Å². The van der Waals surface area contributed by atoms with Crippen LogP contribution in [0.1, 0.15) is 17.8 Å². The third kappa shape index (κ3) is 5.95. The number of urea groups is 1. The van der Waals surface area contributed by atoms with Crippen LogP contribution < -0.4 is 16.0 Å². The van der Waals surface area contributed by atoms with Gasteiger partial charge in [-0.15, -0.1) is 10.2 Å². The average molecular weight is 469 g/mol. The molecule has 0 saturated carbocycles. The first-order valence-corrected chi connectivity index (χ1v) is 11.2. The molecule has 11 heteroatoms. The number of halogens is 1. The molecular weight excluding hydrogens is 447 g/mol. The summed E-state index contributed by atoms with van der Waals surface area (Å²) in [6.07, 6.45) is 0.444. The van der Waals surface area contributed by atoms with Crippen molar-refractivity contribution < 1.29 is 18.8 Å². The zero-order valence-electron chi connectivity index (χ0n) is 17.5. The smallest absolute Gasteiger partial charge is 0.321 e. The molecule has 1 saturated heterocycles. The number of nitrogens with one attached hydrogen (secondary N) is 3. The minimum atomic E-state index is -0.533. The lowest BCUT2D eigenvalue weighted by Crippen LogP contribution is -2.53. The van der Waals surface area contributed by atoms with Crippen LogP contribution in [-0.2, 0) is 22.6 Å². The van der Waals surface area contributed by atoms with Crippen LogP contribution in [0.4, 0.5) is 9.18 Å². The molecule has 0 radical (unpaired) electrons. The van der Waals surface area contributed by atoms with Crippen LogP contribution in [-0.4, -0.2) is 44.4 Å². The van der Waals surface area contributed by atoms with Gasteiger partial charge in [-0.2, -0.15) is 0 Å². The second-order valence-electron chi connectivity index (χ2n) is 7.39. The first-order chi connectivity index (χ1) is 16.0. The predicted octanol–water partition coefficient (Wildman–Crippen LogP) is 1.96. The van der Waals surface area contributed by atoms with Crippen molar-refractivity contribution in [3.8, 4) is 5.69 Å². The molecule has 0 aliphatic carbocycles. The number of thioether (sulfide) groups is 1. The highest BCUT2D eigenvalue weighted by atomic mass is 32.2. The Morgan fingerprint density at radius 3 is 2.61 bits per heavy atom. The van der Waals surface area contributed by atoms with E-state index in [9.17, 15) is 18.8 Å². The van der Waals surface area contributed by atoms with Gasteiger partial charge in [-0.25, -0.2) is 9.18 Å². The third-order valence-electron chi connectivity index (χ3n) is 4.90. The molecule has 2 heterocycles. The van der Waals surface area contributed by atoms with Crippen LogP contribution >= 0.6 is 11.8 Å². The molecule has 9 nitrogen and oxygen atoms in total. The summed E-state index contributed by atoms with van der Waals surface area (Å²) in [5.74, 6) is -0.207. The van der Waals surface area contributed by atoms with Crippen LogP contribution in [0, 0.1) is 5.82 Å². The molecule has 1 unspecified atom stereocenters. The van der Waals surface area contributed by atoms with Gasteiger partial charge in [0.2, 0.25) is 11.8 Å². The lowest BCUT2D eigenvalue weighted by atomic mass is 10.1.